The summed E-state index contributed by atoms with van der Waals surface area (Å²) in [7, 11) is 0. The van der Waals surface area contributed by atoms with Crippen LogP contribution in [0.2, 0.25) is 0 Å². The van der Waals surface area contributed by atoms with Crippen LogP contribution in [0.4, 0.5) is 5.69 Å². The van der Waals surface area contributed by atoms with Gasteiger partial charge in [0.15, 0.2) is 0 Å². The highest BCUT2D eigenvalue weighted by Gasteiger charge is 2.08. The lowest BCUT2D eigenvalue weighted by atomic mass is 10.2. The smallest absolute Gasteiger partial charge is 0.353 e. The van der Waals surface area contributed by atoms with Crippen molar-refractivity contribution in [3.05, 3.63) is 82.0 Å². The van der Waals surface area contributed by atoms with Crippen LogP contribution in [0, 0.1) is 0 Å². The number of rotatable bonds is 6. The number of benzene rings is 2. The molecule has 2 aromatic carbocycles. The molecule has 1 aromatic heterocycles. The predicted octanol–water partition coefficient (Wildman–Crippen LogP) is 4.11. The minimum absolute atomic E-state index is 0.183. The number of carbonyl (C=O) groups is 2. The van der Waals surface area contributed by atoms with E-state index in [1.165, 1.54) is 23.5 Å². The van der Waals surface area contributed by atoms with Gasteiger partial charge in [0.05, 0.1) is 17.5 Å². The summed E-state index contributed by atoms with van der Waals surface area (Å²) < 4.78 is 5.28. The maximum absolute atomic E-state index is 11.9. The number of anilines is 1. The van der Waals surface area contributed by atoms with Gasteiger partial charge in [-0.25, -0.2) is 9.59 Å². The molecular weight excluding hydrogens is 352 g/mol. The highest BCUT2D eigenvalue weighted by atomic mass is 32.1. The Balaban J connectivity index is 1.58. The molecule has 0 saturated heterocycles. The molecule has 0 atom stereocenters. The quantitative estimate of drug-likeness (QED) is 0.297. The lowest BCUT2D eigenvalue weighted by Gasteiger charge is -2.03. The molecule has 3 aromatic rings. The molecule has 0 amide bonds. The van der Waals surface area contributed by atoms with Crippen LogP contribution in [0.5, 0.6) is 5.75 Å². The molecule has 0 spiro atoms. The van der Waals surface area contributed by atoms with Crippen molar-refractivity contribution in [2.45, 2.75) is 0 Å². The molecule has 7 heteroatoms. The molecule has 0 radical (unpaired) electrons. The number of esters is 1. The SMILES string of the molecule is O=C(O)c1cccc(N/N=C/c2ccc(OC(=O)c3cccs3)cc2)c1. The number of nitrogens with one attached hydrogen (secondary N) is 1. The number of hydrogen-bond acceptors (Lipinski definition) is 6. The lowest BCUT2D eigenvalue weighted by molar-refractivity contribution is 0.0694. The third kappa shape index (κ3) is 4.55. The van der Waals surface area contributed by atoms with Crippen molar-refractivity contribution < 1.29 is 19.4 Å². The summed E-state index contributed by atoms with van der Waals surface area (Å²) in [6.45, 7) is 0. The van der Waals surface area contributed by atoms with E-state index in [9.17, 15) is 9.59 Å². The molecule has 0 aliphatic heterocycles. The fraction of sp³-hybridized carbons (Fsp3) is 0. The van der Waals surface area contributed by atoms with E-state index < -0.39 is 5.97 Å². The molecule has 3 rings (SSSR count). The van der Waals surface area contributed by atoms with Crippen LogP contribution in [-0.4, -0.2) is 23.3 Å². The summed E-state index contributed by atoms with van der Waals surface area (Å²) >= 11 is 1.32. The van der Waals surface area contributed by atoms with Gasteiger partial charge in [-0.05, 0) is 59.5 Å². The first-order valence-corrected chi connectivity index (χ1v) is 8.48. The van der Waals surface area contributed by atoms with E-state index in [1.807, 2.05) is 5.38 Å². The summed E-state index contributed by atoms with van der Waals surface area (Å²) in [4.78, 5) is 23.3. The fourth-order valence-electron chi connectivity index (χ4n) is 2.08. The highest BCUT2D eigenvalue weighted by Crippen LogP contribution is 2.16. The van der Waals surface area contributed by atoms with Crippen molar-refractivity contribution in [3.63, 3.8) is 0 Å². The van der Waals surface area contributed by atoms with Crippen LogP contribution in [0.1, 0.15) is 25.6 Å². The Morgan fingerprint density at radius 2 is 1.88 bits per heavy atom. The molecule has 1 heterocycles. The number of aromatic carboxylic acids is 1. The zero-order valence-electron chi connectivity index (χ0n) is 13.5. The first-order valence-electron chi connectivity index (χ1n) is 7.60. The Morgan fingerprint density at radius 3 is 2.58 bits per heavy atom. The highest BCUT2D eigenvalue weighted by molar-refractivity contribution is 7.12. The molecule has 2 N–H and O–H groups in total. The average Bonchev–Trinajstić information content (AvgIpc) is 3.18. The van der Waals surface area contributed by atoms with Gasteiger partial charge in [-0.3, -0.25) is 5.43 Å². The predicted molar refractivity (Wildman–Crippen MR) is 100 cm³/mol. The van der Waals surface area contributed by atoms with Crippen molar-refractivity contribution in [3.8, 4) is 5.75 Å². The van der Waals surface area contributed by atoms with E-state index in [1.54, 1.807) is 54.7 Å². The fourth-order valence-corrected chi connectivity index (χ4v) is 2.68. The summed E-state index contributed by atoms with van der Waals surface area (Å²) in [5.41, 5.74) is 4.32. The third-order valence-corrected chi connectivity index (χ3v) is 4.18. The zero-order chi connectivity index (χ0) is 18.4. The van der Waals surface area contributed by atoms with Gasteiger partial charge in [-0.2, -0.15) is 5.10 Å². The maximum Gasteiger partial charge on any atom is 0.353 e. The molecule has 0 fully saturated rings. The van der Waals surface area contributed by atoms with Crippen LogP contribution in [0.25, 0.3) is 0 Å². The van der Waals surface area contributed by atoms with Crippen LogP contribution in [0.15, 0.2) is 71.1 Å². The van der Waals surface area contributed by atoms with Crippen molar-refractivity contribution in [2.75, 3.05) is 5.43 Å². The van der Waals surface area contributed by atoms with Gasteiger partial charge in [0, 0.05) is 0 Å². The monoisotopic (exact) mass is 366 g/mol. The molecular formula is C19H14N2O4S. The molecule has 0 saturated carbocycles. The molecule has 130 valence electrons. The van der Waals surface area contributed by atoms with Crippen LogP contribution < -0.4 is 10.2 Å². The average molecular weight is 366 g/mol. The summed E-state index contributed by atoms with van der Waals surface area (Å²) in [6, 6.07) is 16.7. The van der Waals surface area contributed by atoms with Crippen molar-refractivity contribution in [2.24, 2.45) is 5.10 Å². The van der Waals surface area contributed by atoms with E-state index in [0.717, 1.165) is 5.56 Å². The normalized spacial score (nSPS) is 10.6. The molecule has 26 heavy (non-hydrogen) atoms. The van der Waals surface area contributed by atoms with Gasteiger partial charge in [0.2, 0.25) is 0 Å². The van der Waals surface area contributed by atoms with Gasteiger partial charge in [0.1, 0.15) is 10.6 Å². The topological polar surface area (TPSA) is 88.0 Å². The number of ether oxygens (including phenoxy) is 1. The standard InChI is InChI=1S/C19H14N2O4S/c22-18(23)14-3-1-4-15(11-14)21-20-12-13-6-8-16(9-7-13)25-19(24)17-5-2-10-26-17/h1-12,21H,(H,22,23)/b20-12+. The Hall–Kier alpha value is -3.45. The number of carboxylic acid groups (broad SMARTS) is 1. The Bertz CT molecular complexity index is 934. The largest absolute Gasteiger partial charge is 0.478 e. The van der Waals surface area contributed by atoms with Crippen molar-refractivity contribution in [1.29, 1.82) is 0 Å². The molecule has 0 bridgehead atoms. The van der Waals surface area contributed by atoms with E-state index in [0.29, 0.717) is 16.3 Å². The number of carbonyl (C=O) groups excluding carboxylic acids is 1. The summed E-state index contributed by atoms with van der Waals surface area (Å²) in [5.74, 6) is -0.936. The van der Waals surface area contributed by atoms with Gasteiger partial charge < -0.3 is 9.84 Å². The first kappa shape index (κ1) is 17.4. The second-order valence-electron chi connectivity index (χ2n) is 5.19. The zero-order valence-corrected chi connectivity index (χ0v) is 14.3. The van der Waals surface area contributed by atoms with Gasteiger partial charge in [-0.1, -0.05) is 12.1 Å². The van der Waals surface area contributed by atoms with E-state index in [-0.39, 0.29) is 11.5 Å². The number of thiophene rings is 1. The number of hydrogen-bond donors (Lipinski definition) is 2. The first-order chi connectivity index (χ1) is 12.6. The van der Waals surface area contributed by atoms with E-state index in [2.05, 4.69) is 10.5 Å². The minimum Gasteiger partial charge on any atom is -0.478 e. The molecule has 0 aliphatic rings. The second kappa shape index (κ2) is 8.09. The maximum atomic E-state index is 11.9. The van der Waals surface area contributed by atoms with Gasteiger partial charge in [0.25, 0.3) is 0 Å². The second-order valence-corrected chi connectivity index (χ2v) is 6.14. The van der Waals surface area contributed by atoms with Crippen molar-refractivity contribution >= 4 is 35.2 Å². The summed E-state index contributed by atoms with van der Waals surface area (Å²) in [5, 5.41) is 14.8. The van der Waals surface area contributed by atoms with Crippen LogP contribution >= 0.6 is 11.3 Å². The van der Waals surface area contributed by atoms with Gasteiger partial charge >= 0.3 is 11.9 Å². The number of hydrazone groups is 1. The molecule has 6 nitrogen and oxygen atoms in total. The number of nitrogens with zero attached hydrogens (tertiary/aromatic N) is 1. The molecule has 0 unspecified atom stereocenters. The Morgan fingerprint density at radius 1 is 1.08 bits per heavy atom. The Kier molecular flexibility index (Phi) is 5.40. The number of carboxylic acids is 1. The minimum atomic E-state index is -0.995. The van der Waals surface area contributed by atoms with E-state index >= 15 is 0 Å². The van der Waals surface area contributed by atoms with E-state index in [4.69, 9.17) is 9.84 Å². The lowest BCUT2D eigenvalue weighted by Crippen LogP contribution is -2.06. The Labute approximate surface area is 153 Å². The van der Waals surface area contributed by atoms with Crippen LogP contribution in [-0.2, 0) is 0 Å². The van der Waals surface area contributed by atoms with Gasteiger partial charge in [-0.15, -0.1) is 11.3 Å². The summed E-state index contributed by atoms with van der Waals surface area (Å²) in [6.07, 6.45) is 1.58. The third-order valence-electron chi connectivity index (χ3n) is 3.33. The molecule has 0 aliphatic carbocycles. The van der Waals surface area contributed by atoms with Crippen molar-refractivity contribution in [1.82, 2.24) is 0 Å². The van der Waals surface area contributed by atoms with Crippen LogP contribution in [0.3, 0.4) is 0 Å².